The molecule has 1 unspecified atom stereocenters. The fourth-order valence-corrected chi connectivity index (χ4v) is 4.73. The lowest BCUT2D eigenvalue weighted by Crippen LogP contribution is -2.42. The maximum Gasteiger partial charge on any atom is 0.308 e. The maximum atomic E-state index is 13.2. The zero-order valence-corrected chi connectivity index (χ0v) is 16.8. The number of aliphatic hydroxyl groups is 1. The Hall–Kier alpha value is -1.62. The van der Waals surface area contributed by atoms with Gasteiger partial charge in [0.25, 0.3) is 0 Å². The number of carbonyl (C=O) groups is 2. The van der Waals surface area contributed by atoms with Crippen molar-refractivity contribution >= 4 is 11.9 Å². The lowest BCUT2D eigenvalue weighted by molar-refractivity contribution is -0.162. The van der Waals surface area contributed by atoms with Crippen molar-refractivity contribution in [3.05, 3.63) is 23.8 Å². The average Bonchev–Trinajstić information content (AvgIpc) is 2.75. The minimum absolute atomic E-state index is 0.0374. The van der Waals surface area contributed by atoms with Crippen LogP contribution >= 0.6 is 0 Å². The van der Waals surface area contributed by atoms with Crippen molar-refractivity contribution in [1.29, 1.82) is 0 Å². The second-order valence-electron chi connectivity index (χ2n) is 8.34. The van der Waals surface area contributed by atoms with Gasteiger partial charge in [0.15, 0.2) is 0 Å². The van der Waals surface area contributed by atoms with Gasteiger partial charge >= 0.3 is 11.9 Å². The van der Waals surface area contributed by atoms with Crippen LogP contribution in [0, 0.1) is 29.6 Å². The number of hydrogen-bond acceptors (Lipinski definition) is 5. The smallest absolute Gasteiger partial charge is 0.308 e. The molecule has 1 N–H and O–H groups in total. The van der Waals surface area contributed by atoms with E-state index in [1.807, 2.05) is 32.1 Å². The predicted molar refractivity (Wildman–Crippen MR) is 111 cm³/mol. The molecule has 5 heteroatoms. The Kier molecular flexibility index (Phi) is 4.01. The minimum atomic E-state index is -3.38. The van der Waals surface area contributed by atoms with E-state index in [9.17, 15) is 14.7 Å². The molecule has 1 aliphatic heterocycles. The van der Waals surface area contributed by atoms with Crippen LogP contribution < -0.4 is 0 Å². The number of hydrogen-bond donors (Lipinski definition) is 1. The molecule has 29 heavy (non-hydrogen) atoms. The van der Waals surface area contributed by atoms with Gasteiger partial charge in [0.1, 0.15) is 12.2 Å². The Morgan fingerprint density at radius 3 is 3.00 bits per heavy atom. The van der Waals surface area contributed by atoms with E-state index < -0.39 is 68.5 Å². The summed E-state index contributed by atoms with van der Waals surface area (Å²) >= 11 is 0. The fourth-order valence-electron chi connectivity index (χ4n) is 4.73. The molecule has 0 saturated carbocycles. The standard InChI is InChI=1S/C24H36O5/c1-5-15(3)24(27)29-21-11-14(2)10-17-7-6-16(4)20(23(17)21)9-8-19-12-18(25)13-22(26)28-19/h6-7,10,14-16,18-21,23,25H,5,8-9,11-13H2,1-4H3/t14-,15-,16-,18+,19?,20-,21-,23-/m0/s1/i1D3,3D3,5D2,13D2. The van der Waals surface area contributed by atoms with Gasteiger partial charge < -0.3 is 14.6 Å². The van der Waals surface area contributed by atoms with Crippen molar-refractivity contribution < 1.29 is 37.9 Å². The van der Waals surface area contributed by atoms with Gasteiger partial charge in [-0.05, 0) is 49.0 Å². The van der Waals surface area contributed by atoms with Crippen molar-refractivity contribution in [3.63, 3.8) is 0 Å². The molecule has 0 amide bonds. The highest BCUT2D eigenvalue weighted by molar-refractivity contribution is 5.72. The molecule has 8 atom stereocenters. The van der Waals surface area contributed by atoms with Gasteiger partial charge in [0.05, 0.1) is 18.4 Å². The minimum Gasteiger partial charge on any atom is -0.462 e. The number of cyclic esters (lactones) is 1. The molecule has 5 nitrogen and oxygen atoms in total. The molecule has 1 saturated heterocycles. The second kappa shape index (κ2) is 9.46. The number of allylic oxidation sites excluding steroid dienone is 3. The SMILES string of the molecule is [2H]C([2H])([2H])[C@H](C(=O)O[C@H]1C[C@@H](C)C=C2C=C[C@H](C)[C@H](CCC3C[C@@H](O)C([2H])([2H])C(=O)O3)[C@H]21)C([2H])([2H])C([2H])([2H])[2H]. The Balaban J connectivity index is 1.85. The van der Waals surface area contributed by atoms with E-state index in [0.29, 0.717) is 19.3 Å². The summed E-state index contributed by atoms with van der Waals surface area (Å²) in [5.74, 6) is -5.75. The van der Waals surface area contributed by atoms with Crippen LogP contribution in [-0.4, -0.2) is 35.4 Å². The molecule has 0 spiro atoms. The first kappa shape index (κ1) is 12.3. The Morgan fingerprint density at radius 1 is 1.45 bits per heavy atom. The van der Waals surface area contributed by atoms with Crippen LogP contribution in [-0.2, 0) is 19.1 Å². The summed E-state index contributed by atoms with van der Waals surface area (Å²) in [6, 6.07) is 0. The molecular weight excluding hydrogens is 368 g/mol. The molecule has 1 fully saturated rings. The number of rotatable bonds is 6. The zero-order chi connectivity index (χ0) is 29.7. The first-order valence-electron chi connectivity index (χ1n) is 15.2. The number of esters is 2. The van der Waals surface area contributed by atoms with Crippen LogP contribution in [0.5, 0.6) is 0 Å². The summed E-state index contributed by atoms with van der Waals surface area (Å²) in [7, 11) is 0. The van der Waals surface area contributed by atoms with Gasteiger partial charge in [-0.15, -0.1) is 0 Å². The molecule has 3 rings (SSSR count). The van der Waals surface area contributed by atoms with E-state index in [1.165, 1.54) is 0 Å². The van der Waals surface area contributed by atoms with E-state index in [4.69, 9.17) is 23.2 Å². The second-order valence-corrected chi connectivity index (χ2v) is 8.34. The monoisotopic (exact) mass is 414 g/mol. The van der Waals surface area contributed by atoms with Gasteiger partial charge in [-0.3, -0.25) is 9.59 Å². The van der Waals surface area contributed by atoms with Crippen LogP contribution in [0.1, 0.15) is 79.7 Å². The van der Waals surface area contributed by atoms with E-state index >= 15 is 0 Å². The first-order valence-corrected chi connectivity index (χ1v) is 10.2. The summed E-state index contributed by atoms with van der Waals surface area (Å²) in [5.41, 5.74) is 0.857. The van der Waals surface area contributed by atoms with E-state index in [-0.39, 0.29) is 24.2 Å². The molecular formula is C24H36O5. The lowest BCUT2D eigenvalue weighted by atomic mass is 9.65. The van der Waals surface area contributed by atoms with Crippen molar-refractivity contribution in [2.45, 2.75) is 84.3 Å². The quantitative estimate of drug-likeness (QED) is 0.660. The van der Waals surface area contributed by atoms with Gasteiger partial charge in [0.2, 0.25) is 0 Å². The molecule has 0 bridgehead atoms. The van der Waals surface area contributed by atoms with Gasteiger partial charge in [-0.2, -0.15) is 0 Å². The third-order valence-corrected chi connectivity index (χ3v) is 6.11. The van der Waals surface area contributed by atoms with Crippen LogP contribution in [0.15, 0.2) is 23.8 Å². The zero-order valence-electron chi connectivity index (χ0n) is 26.8. The molecule has 0 aromatic heterocycles. The van der Waals surface area contributed by atoms with Crippen molar-refractivity contribution in [2.75, 3.05) is 0 Å². The third kappa shape index (κ3) is 5.30. The highest BCUT2D eigenvalue weighted by Crippen LogP contribution is 2.45. The molecule has 2 aliphatic carbocycles. The van der Waals surface area contributed by atoms with Gasteiger partial charge in [0, 0.05) is 26.0 Å². The Labute approximate surface area is 188 Å². The normalized spacial score (nSPS) is 46.1. The third-order valence-electron chi connectivity index (χ3n) is 6.11. The molecule has 3 aliphatic rings. The predicted octanol–water partition coefficient (Wildman–Crippen LogP) is 4.20. The number of carbonyl (C=O) groups excluding carboxylic acids is 2. The largest absolute Gasteiger partial charge is 0.462 e. The highest BCUT2D eigenvalue weighted by atomic mass is 16.5. The summed E-state index contributed by atoms with van der Waals surface area (Å²) in [4.78, 5) is 25.3. The summed E-state index contributed by atoms with van der Waals surface area (Å²) < 4.78 is 88.0. The molecule has 1 heterocycles. The van der Waals surface area contributed by atoms with Gasteiger partial charge in [-0.1, -0.05) is 45.8 Å². The van der Waals surface area contributed by atoms with Crippen molar-refractivity contribution in [1.82, 2.24) is 0 Å². The summed E-state index contributed by atoms with van der Waals surface area (Å²) in [6.45, 7) is -2.79. The summed E-state index contributed by atoms with van der Waals surface area (Å²) in [6.07, 6.45) is -1.98. The van der Waals surface area contributed by atoms with Crippen LogP contribution in [0.25, 0.3) is 0 Å². The Bertz CT molecular complexity index is 1000. The van der Waals surface area contributed by atoms with E-state index in [2.05, 4.69) is 0 Å². The molecule has 162 valence electrons. The van der Waals surface area contributed by atoms with E-state index in [1.54, 1.807) is 0 Å². The van der Waals surface area contributed by atoms with Crippen molar-refractivity contribution in [2.24, 2.45) is 29.6 Å². The lowest BCUT2D eigenvalue weighted by Gasteiger charge is -2.43. The van der Waals surface area contributed by atoms with Gasteiger partial charge in [-0.25, -0.2) is 0 Å². The highest BCUT2D eigenvalue weighted by Gasteiger charge is 2.42. The number of fused-ring (bicyclic) bond motifs is 1. The average molecular weight is 415 g/mol. The summed E-state index contributed by atoms with van der Waals surface area (Å²) in [5, 5.41) is 10.1. The molecule has 0 radical (unpaired) electrons. The van der Waals surface area contributed by atoms with Crippen LogP contribution in [0.4, 0.5) is 0 Å². The first-order chi connectivity index (χ1) is 17.7. The Morgan fingerprint density at radius 2 is 2.28 bits per heavy atom. The number of aliphatic hydroxyl groups excluding tert-OH is 1. The fraction of sp³-hybridized carbons (Fsp3) is 0.750. The number of ether oxygens (including phenoxy) is 2. The topological polar surface area (TPSA) is 72.8 Å². The van der Waals surface area contributed by atoms with Crippen LogP contribution in [0.3, 0.4) is 0 Å². The van der Waals surface area contributed by atoms with E-state index in [0.717, 1.165) is 5.57 Å². The van der Waals surface area contributed by atoms with Crippen LogP contribution in [0.2, 0.25) is 0 Å². The molecule has 0 aromatic rings. The van der Waals surface area contributed by atoms with Crippen molar-refractivity contribution in [3.8, 4) is 0 Å². The molecule has 0 aromatic carbocycles. The maximum absolute atomic E-state index is 13.2.